The number of ether oxygens (including phenoxy) is 2. The Morgan fingerprint density at radius 1 is 1.73 bits per heavy atom. The summed E-state index contributed by atoms with van der Waals surface area (Å²) in [5, 5.41) is 0.0489. The summed E-state index contributed by atoms with van der Waals surface area (Å²) >= 11 is 5.82. The summed E-state index contributed by atoms with van der Waals surface area (Å²) in [6, 6.07) is 0. The monoisotopic (exact) mass is 178 g/mol. The van der Waals surface area contributed by atoms with Crippen molar-refractivity contribution in [3.05, 3.63) is 0 Å². The summed E-state index contributed by atoms with van der Waals surface area (Å²) in [7, 11) is 1.35. The molecule has 1 heterocycles. The molecule has 0 spiro atoms. The molecule has 0 saturated carbocycles. The molecule has 0 aromatic heterocycles. The van der Waals surface area contributed by atoms with Crippen molar-refractivity contribution in [3.63, 3.8) is 0 Å². The Balaban J connectivity index is 2.39. The summed E-state index contributed by atoms with van der Waals surface area (Å²) in [5.41, 5.74) is 0. The van der Waals surface area contributed by atoms with Gasteiger partial charge in [0.15, 0.2) is 6.10 Å². The minimum absolute atomic E-state index is 0.0489. The van der Waals surface area contributed by atoms with Crippen LogP contribution in [0.25, 0.3) is 0 Å². The number of hydrogen-bond donors (Lipinski definition) is 0. The molecule has 0 bridgehead atoms. The number of rotatable bonds is 1. The minimum Gasteiger partial charge on any atom is -0.467 e. The highest BCUT2D eigenvalue weighted by atomic mass is 35.5. The standard InChI is InChI=1S/C7H11ClO3/c1-10-7(9)6-4-5(8)2-3-11-6/h5-6H,2-4H2,1H3/t5-,6+/m0/s1. The average Bonchev–Trinajstić information content (AvgIpc) is 2.03. The molecule has 1 aliphatic heterocycles. The van der Waals surface area contributed by atoms with Gasteiger partial charge in [0.2, 0.25) is 0 Å². The molecule has 2 atom stereocenters. The zero-order chi connectivity index (χ0) is 8.27. The molecular weight excluding hydrogens is 168 g/mol. The molecule has 0 unspecified atom stereocenters. The van der Waals surface area contributed by atoms with E-state index in [0.717, 1.165) is 6.42 Å². The summed E-state index contributed by atoms with van der Waals surface area (Å²) in [4.78, 5) is 10.9. The van der Waals surface area contributed by atoms with Gasteiger partial charge in [-0.25, -0.2) is 4.79 Å². The predicted octanol–water partition coefficient (Wildman–Crippen LogP) is 0.946. The molecule has 0 amide bonds. The Morgan fingerprint density at radius 3 is 3.00 bits per heavy atom. The van der Waals surface area contributed by atoms with Gasteiger partial charge >= 0.3 is 5.97 Å². The maximum Gasteiger partial charge on any atom is 0.335 e. The molecule has 4 heteroatoms. The van der Waals surface area contributed by atoms with Crippen LogP contribution in [0.2, 0.25) is 0 Å². The molecule has 1 rings (SSSR count). The van der Waals surface area contributed by atoms with E-state index in [-0.39, 0.29) is 11.3 Å². The normalized spacial score (nSPS) is 31.5. The topological polar surface area (TPSA) is 35.5 Å². The van der Waals surface area contributed by atoms with E-state index in [9.17, 15) is 4.79 Å². The molecule has 0 aromatic carbocycles. The third kappa shape index (κ3) is 2.34. The van der Waals surface area contributed by atoms with Gasteiger partial charge in [-0.2, -0.15) is 0 Å². The van der Waals surface area contributed by atoms with Gasteiger partial charge in [-0.15, -0.1) is 11.6 Å². The summed E-state index contributed by atoms with van der Waals surface area (Å²) in [6.45, 7) is 0.550. The molecule has 1 fully saturated rings. The Labute approximate surface area is 70.6 Å². The zero-order valence-corrected chi connectivity index (χ0v) is 7.13. The van der Waals surface area contributed by atoms with Crippen LogP contribution in [0.4, 0.5) is 0 Å². The molecule has 3 nitrogen and oxygen atoms in total. The molecule has 0 aliphatic carbocycles. The van der Waals surface area contributed by atoms with Gasteiger partial charge in [0.05, 0.1) is 7.11 Å². The number of halogens is 1. The number of carbonyl (C=O) groups excluding carboxylic acids is 1. The first kappa shape index (κ1) is 8.81. The molecule has 0 N–H and O–H groups in total. The van der Waals surface area contributed by atoms with E-state index < -0.39 is 6.10 Å². The van der Waals surface area contributed by atoms with E-state index >= 15 is 0 Å². The van der Waals surface area contributed by atoms with Gasteiger partial charge in [-0.1, -0.05) is 0 Å². The van der Waals surface area contributed by atoms with Crippen LogP contribution in [0, 0.1) is 0 Å². The molecule has 1 saturated heterocycles. The summed E-state index contributed by atoms with van der Waals surface area (Å²) < 4.78 is 9.66. The maximum atomic E-state index is 10.9. The van der Waals surface area contributed by atoms with Crippen LogP contribution < -0.4 is 0 Å². The van der Waals surface area contributed by atoms with Gasteiger partial charge in [0.25, 0.3) is 0 Å². The van der Waals surface area contributed by atoms with Crippen LogP contribution >= 0.6 is 11.6 Å². The van der Waals surface area contributed by atoms with Crippen molar-refractivity contribution in [3.8, 4) is 0 Å². The molecular formula is C7H11ClO3. The number of hydrogen-bond acceptors (Lipinski definition) is 3. The fourth-order valence-electron chi connectivity index (χ4n) is 1.05. The Bertz CT molecular complexity index is 149. The molecule has 0 radical (unpaired) electrons. The summed E-state index contributed by atoms with van der Waals surface area (Å²) in [6.07, 6.45) is 0.930. The Kier molecular flexibility index (Phi) is 3.15. The fraction of sp³-hybridized carbons (Fsp3) is 0.857. The van der Waals surface area contributed by atoms with E-state index in [1.165, 1.54) is 7.11 Å². The van der Waals surface area contributed by atoms with Gasteiger partial charge in [-0.3, -0.25) is 0 Å². The van der Waals surface area contributed by atoms with Crippen molar-refractivity contribution in [2.75, 3.05) is 13.7 Å². The SMILES string of the molecule is COC(=O)[C@H]1C[C@@H](Cl)CCO1. The lowest BCUT2D eigenvalue weighted by Crippen LogP contribution is -2.33. The number of alkyl halides is 1. The van der Waals surface area contributed by atoms with E-state index in [2.05, 4.69) is 4.74 Å². The lowest BCUT2D eigenvalue weighted by atomic mass is 10.1. The second kappa shape index (κ2) is 3.93. The third-order valence-electron chi connectivity index (χ3n) is 1.68. The van der Waals surface area contributed by atoms with Crippen molar-refractivity contribution >= 4 is 17.6 Å². The highest BCUT2D eigenvalue weighted by Gasteiger charge is 2.27. The second-order valence-corrected chi connectivity index (χ2v) is 3.12. The van der Waals surface area contributed by atoms with Crippen LogP contribution in [0.5, 0.6) is 0 Å². The lowest BCUT2D eigenvalue weighted by Gasteiger charge is -2.23. The van der Waals surface area contributed by atoms with E-state index in [1.807, 2.05) is 0 Å². The fourth-order valence-corrected chi connectivity index (χ4v) is 1.30. The van der Waals surface area contributed by atoms with Crippen molar-refractivity contribution in [2.45, 2.75) is 24.3 Å². The number of carbonyl (C=O) groups is 1. The Hall–Kier alpha value is -0.280. The quantitative estimate of drug-likeness (QED) is 0.443. The first-order valence-corrected chi connectivity index (χ1v) is 4.01. The first-order chi connectivity index (χ1) is 5.24. The van der Waals surface area contributed by atoms with Gasteiger partial charge < -0.3 is 9.47 Å². The maximum absolute atomic E-state index is 10.9. The number of methoxy groups -OCH3 is 1. The molecule has 0 aromatic rings. The second-order valence-electron chi connectivity index (χ2n) is 2.50. The predicted molar refractivity (Wildman–Crippen MR) is 40.6 cm³/mol. The minimum atomic E-state index is -0.448. The van der Waals surface area contributed by atoms with Gasteiger partial charge in [-0.05, 0) is 6.42 Å². The Morgan fingerprint density at radius 2 is 2.45 bits per heavy atom. The van der Waals surface area contributed by atoms with Crippen molar-refractivity contribution in [1.82, 2.24) is 0 Å². The van der Waals surface area contributed by atoms with Crippen molar-refractivity contribution in [1.29, 1.82) is 0 Å². The van der Waals surface area contributed by atoms with Crippen LogP contribution in [0.1, 0.15) is 12.8 Å². The average molecular weight is 179 g/mol. The summed E-state index contributed by atoms with van der Waals surface area (Å²) in [5.74, 6) is -0.324. The molecule has 11 heavy (non-hydrogen) atoms. The zero-order valence-electron chi connectivity index (χ0n) is 6.38. The van der Waals surface area contributed by atoms with Crippen LogP contribution in [0.15, 0.2) is 0 Å². The van der Waals surface area contributed by atoms with Crippen LogP contribution in [-0.2, 0) is 14.3 Å². The van der Waals surface area contributed by atoms with E-state index in [4.69, 9.17) is 16.3 Å². The molecule has 64 valence electrons. The van der Waals surface area contributed by atoms with Gasteiger partial charge in [0.1, 0.15) is 0 Å². The van der Waals surface area contributed by atoms with Crippen LogP contribution in [-0.4, -0.2) is 31.2 Å². The third-order valence-corrected chi connectivity index (χ3v) is 2.08. The van der Waals surface area contributed by atoms with E-state index in [0.29, 0.717) is 13.0 Å². The van der Waals surface area contributed by atoms with Crippen molar-refractivity contribution < 1.29 is 14.3 Å². The van der Waals surface area contributed by atoms with Crippen molar-refractivity contribution in [2.24, 2.45) is 0 Å². The van der Waals surface area contributed by atoms with Crippen LogP contribution in [0.3, 0.4) is 0 Å². The molecule has 1 aliphatic rings. The lowest BCUT2D eigenvalue weighted by molar-refractivity contribution is -0.156. The van der Waals surface area contributed by atoms with E-state index in [1.54, 1.807) is 0 Å². The largest absolute Gasteiger partial charge is 0.467 e. The van der Waals surface area contributed by atoms with Gasteiger partial charge in [0, 0.05) is 18.4 Å². The highest BCUT2D eigenvalue weighted by molar-refractivity contribution is 6.20. The smallest absolute Gasteiger partial charge is 0.335 e. The first-order valence-electron chi connectivity index (χ1n) is 3.57. The highest BCUT2D eigenvalue weighted by Crippen LogP contribution is 2.19. The number of esters is 1.